The molecule has 0 spiro atoms. The van der Waals surface area contributed by atoms with Crippen LogP contribution in [0.3, 0.4) is 0 Å². The van der Waals surface area contributed by atoms with Gasteiger partial charge in [0.15, 0.2) is 0 Å². The second kappa shape index (κ2) is 8.40. The molecule has 0 radical (unpaired) electrons. The monoisotopic (exact) mass is 287 g/mol. The summed E-state index contributed by atoms with van der Waals surface area (Å²) >= 11 is 7.53. The Balaban J connectivity index is 2.51. The van der Waals surface area contributed by atoms with Crippen molar-refractivity contribution in [2.24, 2.45) is 0 Å². The van der Waals surface area contributed by atoms with Crippen LogP contribution in [0.5, 0.6) is 0 Å². The summed E-state index contributed by atoms with van der Waals surface area (Å²) in [5, 5.41) is 12.8. The van der Waals surface area contributed by atoms with Gasteiger partial charge in [-0.2, -0.15) is 11.8 Å². The lowest BCUT2D eigenvalue weighted by atomic mass is 10.1. The Morgan fingerprint density at radius 3 is 2.67 bits per heavy atom. The molecule has 0 aromatic heterocycles. The zero-order valence-corrected chi connectivity index (χ0v) is 11.9. The summed E-state index contributed by atoms with van der Waals surface area (Å²) in [6, 6.07) is 6.76. The van der Waals surface area contributed by atoms with Crippen LogP contribution < -0.4 is 5.32 Å². The Morgan fingerprint density at radius 2 is 2.11 bits per heavy atom. The van der Waals surface area contributed by atoms with Gasteiger partial charge in [0.2, 0.25) is 5.91 Å². The topological polar surface area (TPSA) is 49.3 Å². The number of benzene rings is 1. The molecule has 1 amide bonds. The fourth-order valence-electron chi connectivity index (χ4n) is 1.51. The Morgan fingerprint density at radius 1 is 1.44 bits per heavy atom. The van der Waals surface area contributed by atoms with Crippen LogP contribution in [0.15, 0.2) is 24.3 Å². The van der Waals surface area contributed by atoms with Crippen molar-refractivity contribution in [3.05, 3.63) is 34.9 Å². The number of amides is 1. The van der Waals surface area contributed by atoms with Crippen LogP contribution in [0.4, 0.5) is 0 Å². The van der Waals surface area contributed by atoms with Crippen LogP contribution in [0.2, 0.25) is 5.02 Å². The number of thioether (sulfide) groups is 1. The predicted octanol–water partition coefficient (Wildman–Crippen LogP) is 2.63. The summed E-state index contributed by atoms with van der Waals surface area (Å²) in [4.78, 5) is 11.7. The highest BCUT2D eigenvalue weighted by molar-refractivity contribution is 7.99. The van der Waals surface area contributed by atoms with Gasteiger partial charge in [-0.05, 0) is 23.4 Å². The van der Waals surface area contributed by atoms with Crippen molar-refractivity contribution in [2.45, 2.75) is 19.4 Å². The van der Waals surface area contributed by atoms with Gasteiger partial charge in [0.05, 0.1) is 12.6 Å². The van der Waals surface area contributed by atoms with Gasteiger partial charge in [-0.3, -0.25) is 4.79 Å². The van der Waals surface area contributed by atoms with Crippen molar-refractivity contribution in [3.63, 3.8) is 0 Å². The number of nitrogens with one attached hydrogen (secondary N) is 1. The molecular weight excluding hydrogens is 270 g/mol. The van der Waals surface area contributed by atoms with Crippen molar-refractivity contribution < 1.29 is 9.90 Å². The molecule has 1 unspecified atom stereocenters. The first-order chi connectivity index (χ1) is 8.67. The average Bonchev–Trinajstić information content (AvgIpc) is 2.37. The van der Waals surface area contributed by atoms with E-state index in [1.807, 2.05) is 12.1 Å². The lowest BCUT2D eigenvalue weighted by Crippen LogP contribution is -2.30. The molecule has 0 fully saturated rings. The molecular formula is C13H18ClNO2S. The highest BCUT2D eigenvalue weighted by Gasteiger charge is 2.13. The van der Waals surface area contributed by atoms with Crippen LogP contribution >= 0.6 is 23.4 Å². The Labute approximate surface area is 117 Å². The smallest absolute Gasteiger partial charge is 0.221 e. The molecule has 0 aliphatic carbocycles. The maximum Gasteiger partial charge on any atom is 0.221 e. The van der Waals surface area contributed by atoms with E-state index in [1.54, 1.807) is 23.9 Å². The first-order valence-electron chi connectivity index (χ1n) is 5.90. The Bertz CT molecular complexity index is 370. The van der Waals surface area contributed by atoms with Gasteiger partial charge in [0, 0.05) is 17.2 Å². The minimum Gasteiger partial charge on any atom is -0.394 e. The minimum atomic E-state index is -0.360. The summed E-state index contributed by atoms with van der Waals surface area (Å²) < 4.78 is 0. The molecule has 1 rings (SSSR count). The van der Waals surface area contributed by atoms with E-state index in [0.29, 0.717) is 11.4 Å². The van der Waals surface area contributed by atoms with Gasteiger partial charge in [0.1, 0.15) is 0 Å². The Hall–Kier alpha value is -0.710. The van der Waals surface area contributed by atoms with E-state index in [4.69, 9.17) is 11.6 Å². The van der Waals surface area contributed by atoms with E-state index in [9.17, 15) is 9.90 Å². The van der Waals surface area contributed by atoms with Crippen LogP contribution in [0.25, 0.3) is 0 Å². The van der Waals surface area contributed by atoms with Crippen LogP contribution in [-0.2, 0) is 4.79 Å². The normalized spacial score (nSPS) is 12.2. The number of halogens is 1. The predicted molar refractivity (Wildman–Crippen MR) is 77.0 cm³/mol. The third-order valence-electron chi connectivity index (χ3n) is 2.47. The summed E-state index contributed by atoms with van der Waals surface area (Å²) in [6.07, 6.45) is 0.475. The molecule has 0 saturated carbocycles. The van der Waals surface area contributed by atoms with Crippen LogP contribution in [0, 0.1) is 0 Å². The molecule has 2 N–H and O–H groups in total. The third-order valence-corrected chi connectivity index (χ3v) is 3.62. The largest absolute Gasteiger partial charge is 0.394 e. The number of rotatable bonds is 7. The summed E-state index contributed by atoms with van der Waals surface area (Å²) in [7, 11) is 0. The fraction of sp³-hybridized carbons (Fsp3) is 0.462. The lowest BCUT2D eigenvalue weighted by molar-refractivity contribution is -0.121. The van der Waals surface area contributed by atoms with Gasteiger partial charge in [-0.15, -0.1) is 0 Å². The molecule has 0 aliphatic rings. The summed E-state index contributed by atoms with van der Waals surface area (Å²) in [5.74, 6) is 1.78. The molecule has 1 atom stereocenters. The van der Waals surface area contributed by atoms with Gasteiger partial charge < -0.3 is 10.4 Å². The second-order valence-electron chi connectivity index (χ2n) is 3.80. The number of carbonyl (C=O) groups is 1. The summed E-state index contributed by atoms with van der Waals surface area (Å²) in [5.41, 5.74) is 0.860. The van der Waals surface area contributed by atoms with E-state index in [0.717, 1.165) is 17.1 Å². The number of carbonyl (C=O) groups excluding carboxylic acids is 1. The maximum atomic E-state index is 11.7. The quantitative estimate of drug-likeness (QED) is 0.758. The molecule has 18 heavy (non-hydrogen) atoms. The molecule has 1 aromatic rings. The molecule has 100 valence electrons. The van der Waals surface area contributed by atoms with Crippen molar-refractivity contribution >= 4 is 29.3 Å². The first-order valence-corrected chi connectivity index (χ1v) is 7.44. The molecule has 1 aromatic carbocycles. The number of aliphatic hydroxyl groups is 1. The van der Waals surface area contributed by atoms with E-state index < -0.39 is 0 Å². The van der Waals surface area contributed by atoms with Crippen LogP contribution in [0.1, 0.15) is 24.9 Å². The zero-order chi connectivity index (χ0) is 13.4. The van der Waals surface area contributed by atoms with E-state index in [2.05, 4.69) is 12.2 Å². The average molecular weight is 288 g/mol. The molecule has 0 heterocycles. The van der Waals surface area contributed by atoms with Gasteiger partial charge in [0.25, 0.3) is 0 Å². The second-order valence-corrected chi connectivity index (χ2v) is 5.63. The van der Waals surface area contributed by atoms with Gasteiger partial charge >= 0.3 is 0 Å². The maximum absolute atomic E-state index is 11.7. The lowest BCUT2D eigenvalue weighted by Gasteiger charge is -2.16. The van der Waals surface area contributed by atoms with Crippen molar-refractivity contribution in [1.29, 1.82) is 0 Å². The molecule has 3 nitrogen and oxygen atoms in total. The zero-order valence-electron chi connectivity index (χ0n) is 10.4. The van der Waals surface area contributed by atoms with Crippen molar-refractivity contribution in [2.75, 3.05) is 18.1 Å². The van der Waals surface area contributed by atoms with Gasteiger partial charge in [-0.1, -0.05) is 30.7 Å². The highest BCUT2D eigenvalue weighted by atomic mass is 35.5. The fourth-order valence-corrected chi connectivity index (χ4v) is 2.25. The third kappa shape index (κ3) is 5.29. The number of hydrogen-bond donors (Lipinski definition) is 2. The summed E-state index contributed by atoms with van der Waals surface area (Å²) in [6.45, 7) is 1.95. The molecule has 5 heteroatoms. The van der Waals surface area contributed by atoms with E-state index >= 15 is 0 Å². The van der Waals surface area contributed by atoms with E-state index in [-0.39, 0.29) is 18.6 Å². The van der Waals surface area contributed by atoms with Crippen LogP contribution in [-0.4, -0.2) is 29.1 Å². The molecule has 0 bridgehead atoms. The van der Waals surface area contributed by atoms with E-state index in [1.165, 1.54) is 0 Å². The molecule has 0 saturated heterocycles. The number of hydrogen-bond acceptors (Lipinski definition) is 3. The number of aliphatic hydroxyl groups excluding tert-OH is 1. The highest BCUT2D eigenvalue weighted by Crippen LogP contribution is 2.16. The minimum absolute atomic E-state index is 0.0371. The Kier molecular flexibility index (Phi) is 7.16. The first kappa shape index (κ1) is 15.3. The van der Waals surface area contributed by atoms with Crippen molar-refractivity contribution in [1.82, 2.24) is 5.32 Å². The molecule has 0 aliphatic heterocycles. The van der Waals surface area contributed by atoms with Gasteiger partial charge in [-0.25, -0.2) is 0 Å². The standard InChI is InChI=1S/C13H18ClNO2S/c1-2-18-8-7-13(17)15-12(9-16)10-3-5-11(14)6-4-10/h3-6,12,16H,2,7-9H2,1H3,(H,15,17). The SMILES string of the molecule is CCSCCC(=O)NC(CO)c1ccc(Cl)cc1. The van der Waals surface area contributed by atoms with Crippen molar-refractivity contribution in [3.8, 4) is 0 Å².